The Morgan fingerprint density at radius 2 is 2.44 bits per heavy atom. The fraction of sp³-hybridized carbons (Fsp3) is 0.583. The minimum atomic E-state index is -0.0580. The van der Waals surface area contributed by atoms with E-state index in [0.717, 1.165) is 31.6 Å². The van der Waals surface area contributed by atoms with Gasteiger partial charge in [-0.1, -0.05) is 0 Å². The highest BCUT2D eigenvalue weighted by molar-refractivity contribution is 5.93. The van der Waals surface area contributed by atoms with Crippen molar-refractivity contribution in [1.29, 1.82) is 0 Å². The summed E-state index contributed by atoms with van der Waals surface area (Å²) in [6, 6.07) is 2.06. The normalized spacial score (nSPS) is 24.6. The fourth-order valence-corrected chi connectivity index (χ4v) is 2.20. The molecule has 1 aliphatic rings. The van der Waals surface area contributed by atoms with Crippen molar-refractivity contribution in [3.05, 3.63) is 23.7 Å². The van der Waals surface area contributed by atoms with Gasteiger partial charge in [0.15, 0.2) is 0 Å². The summed E-state index contributed by atoms with van der Waals surface area (Å²) in [7, 11) is 0. The molecule has 0 spiro atoms. The molecule has 1 aromatic heterocycles. The summed E-state index contributed by atoms with van der Waals surface area (Å²) in [5, 5.41) is 2.92. The van der Waals surface area contributed by atoms with Gasteiger partial charge in [-0.25, -0.2) is 0 Å². The van der Waals surface area contributed by atoms with Crippen molar-refractivity contribution in [2.24, 2.45) is 11.7 Å². The Morgan fingerprint density at radius 1 is 1.62 bits per heavy atom. The summed E-state index contributed by atoms with van der Waals surface area (Å²) >= 11 is 0. The summed E-state index contributed by atoms with van der Waals surface area (Å²) < 4.78 is 5.09. The lowest BCUT2D eigenvalue weighted by molar-refractivity contribution is 0.0946. The maximum Gasteiger partial charge on any atom is 0.254 e. The SMILES string of the molecule is Cc1cc(C(=O)NCC2CCC(N)C2)co1. The van der Waals surface area contributed by atoms with E-state index in [1.54, 1.807) is 6.07 Å². The zero-order chi connectivity index (χ0) is 11.5. The van der Waals surface area contributed by atoms with Crippen LogP contribution in [0, 0.1) is 12.8 Å². The first kappa shape index (κ1) is 11.2. The highest BCUT2D eigenvalue weighted by Gasteiger charge is 2.22. The van der Waals surface area contributed by atoms with Gasteiger partial charge in [-0.3, -0.25) is 4.79 Å². The maximum atomic E-state index is 11.7. The molecule has 1 fully saturated rings. The standard InChI is InChI=1S/C12H18N2O2/c1-8-4-10(7-16-8)12(15)14-6-9-2-3-11(13)5-9/h4,7,9,11H,2-3,5-6,13H2,1H3,(H,14,15). The summed E-state index contributed by atoms with van der Waals surface area (Å²) in [6.07, 6.45) is 4.70. The van der Waals surface area contributed by atoms with Gasteiger partial charge in [0, 0.05) is 12.6 Å². The molecule has 3 N–H and O–H groups in total. The number of carbonyl (C=O) groups is 1. The van der Waals surface area contributed by atoms with E-state index in [1.807, 2.05) is 6.92 Å². The highest BCUT2D eigenvalue weighted by Crippen LogP contribution is 2.23. The van der Waals surface area contributed by atoms with Gasteiger partial charge in [0.1, 0.15) is 12.0 Å². The lowest BCUT2D eigenvalue weighted by Crippen LogP contribution is -2.28. The molecule has 2 unspecified atom stereocenters. The van der Waals surface area contributed by atoms with E-state index >= 15 is 0 Å². The van der Waals surface area contributed by atoms with Crippen molar-refractivity contribution in [2.75, 3.05) is 6.54 Å². The Hall–Kier alpha value is -1.29. The lowest BCUT2D eigenvalue weighted by Gasteiger charge is -2.09. The quantitative estimate of drug-likeness (QED) is 0.813. The van der Waals surface area contributed by atoms with E-state index < -0.39 is 0 Å². The van der Waals surface area contributed by atoms with Gasteiger partial charge < -0.3 is 15.5 Å². The van der Waals surface area contributed by atoms with Crippen molar-refractivity contribution >= 4 is 5.91 Å². The summed E-state index contributed by atoms with van der Waals surface area (Å²) in [6.45, 7) is 2.55. The van der Waals surface area contributed by atoms with Crippen LogP contribution < -0.4 is 11.1 Å². The minimum absolute atomic E-state index is 0.0580. The number of carbonyl (C=O) groups excluding carboxylic acids is 1. The first-order valence-corrected chi connectivity index (χ1v) is 5.74. The predicted octanol–water partition coefficient (Wildman–Crippen LogP) is 1.45. The molecule has 1 aliphatic carbocycles. The van der Waals surface area contributed by atoms with E-state index in [4.69, 9.17) is 10.2 Å². The summed E-state index contributed by atoms with van der Waals surface area (Å²) in [4.78, 5) is 11.7. The topological polar surface area (TPSA) is 68.3 Å². The van der Waals surface area contributed by atoms with Crippen LogP contribution in [-0.2, 0) is 0 Å². The fourth-order valence-electron chi connectivity index (χ4n) is 2.20. The Morgan fingerprint density at radius 3 is 3.00 bits per heavy atom. The van der Waals surface area contributed by atoms with E-state index in [-0.39, 0.29) is 5.91 Å². The number of amides is 1. The molecule has 1 aromatic rings. The number of aryl methyl sites for hydroxylation is 1. The highest BCUT2D eigenvalue weighted by atomic mass is 16.3. The molecular weight excluding hydrogens is 204 g/mol. The summed E-state index contributed by atoms with van der Waals surface area (Å²) in [5.74, 6) is 1.23. The van der Waals surface area contributed by atoms with Crippen LogP contribution in [0.15, 0.2) is 16.7 Å². The van der Waals surface area contributed by atoms with Crippen LogP contribution in [0.5, 0.6) is 0 Å². The van der Waals surface area contributed by atoms with E-state index in [0.29, 0.717) is 17.5 Å². The van der Waals surface area contributed by atoms with Crippen molar-refractivity contribution in [3.8, 4) is 0 Å². The average molecular weight is 222 g/mol. The van der Waals surface area contributed by atoms with Crippen LogP contribution in [0.3, 0.4) is 0 Å². The second-order valence-electron chi connectivity index (χ2n) is 4.60. The molecule has 0 aromatic carbocycles. The molecule has 4 nitrogen and oxygen atoms in total. The lowest BCUT2D eigenvalue weighted by atomic mass is 10.1. The van der Waals surface area contributed by atoms with E-state index in [9.17, 15) is 4.79 Å². The Kier molecular flexibility index (Phi) is 3.29. The molecule has 0 bridgehead atoms. The van der Waals surface area contributed by atoms with Crippen molar-refractivity contribution in [2.45, 2.75) is 32.2 Å². The predicted molar refractivity (Wildman–Crippen MR) is 61.1 cm³/mol. The van der Waals surface area contributed by atoms with Gasteiger partial charge in [0.05, 0.1) is 5.56 Å². The molecule has 0 radical (unpaired) electrons. The van der Waals surface area contributed by atoms with E-state index in [1.165, 1.54) is 6.26 Å². The second-order valence-corrected chi connectivity index (χ2v) is 4.60. The van der Waals surface area contributed by atoms with Crippen LogP contribution in [-0.4, -0.2) is 18.5 Å². The molecular formula is C12H18N2O2. The molecule has 16 heavy (non-hydrogen) atoms. The van der Waals surface area contributed by atoms with Crippen LogP contribution in [0.1, 0.15) is 35.4 Å². The number of rotatable bonds is 3. The number of nitrogens with one attached hydrogen (secondary N) is 1. The Labute approximate surface area is 95.2 Å². The molecule has 2 rings (SSSR count). The van der Waals surface area contributed by atoms with Crippen molar-refractivity contribution in [1.82, 2.24) is 5.32 Å². The molecule has 2 atom stereocenters. The van der Waals surface area contributed by atoms with Crippen LogP contribution in [0.2, 0.25) is 0 Å². The minimum Gasteiger partial charge on any atom is -0.469 e. The largest absolute Gasteiger partial charge is 0.469 e. The maximum absolute atomic E-state index is 11.7. The zero-order valence-corrected chi connectivity index (χ0v) is 9.53. The second kappa shape index (κ2) is 4.70. The number of hydrogen-bond donors (Lipinski definition) is 2. The molecule has 0 saturated heterocycles. The third-order valence-electron chi connectivity index (χ3n) is 3.13. The number of nitrogens with two attached hydrogens (primary N) is 1. The Bertz CT molecular complexity index is 373. The summed E-state index contributed by atoms with van der Waals surface area (Å²) in [5.41, 5.74) is 6.42. The van der Waals surface area contributed by atoms with Gasteiger partial charge in [0.25, 0.3) is 5.91 Å². The molecule has 88 valence electrons. The molecule has 1 amide bonds. The first-order chi connectivity index (χ1) is 7.65. The van der Waals surface area contributed by atoms with Crippen molar-refractivity contribution in [3.63, 3.8) is 0 Å². The number of furan rings is 1. The van der Waals surface area contributed by atoms with Gasteiger partial charge in [-0.05, 0) is 38.2 Å². The third kappa shape index (κ3) is 2.64. The van der Waals surface area contributed by atoms with Crippen LogP contribution in [0.4, 0.5) is 0 Å². The molecule has 1 heterocycles. The first-order valence-electron chi connectivity index (χ1n) is 5.74. The molecule has 4 heteroatoms. The van der Waals surface area contributed by atoms with Gasteiger partial charge >= 0.3 is 0 Å². The zero-order valence-electron chi connectivity index (χ0n) is 9.53. The monoisotopic (exact) mass is 222 g/mol. The van der Waals surface area contributed by atoms with Gasteiger partial charge in [0.2, 0.25) is 0 Å². The molecule has 0 aliphatic heterocycles. The number of hydrogen-bond acceptors (Lipinski definition) is 3. The van der Waals surface area contributed by atoms with Crippen molar-refractivity contribution < 1.29 is 9.21 Å². The molecule has 1 saturated carbocycles. The van der Waals surface area contributed by atoms with Gasteiger partial charge in [-0.15, -0.1) is 0 Å². The van der Waals surface area contributed by atoms with Crippen LogP contribution in [0.25, 0.3) is 0 Å². The average Bonchev–Trinajstić information content (AvgIpc) is 2.84. The Balaban J connectivity index is 1.80. The third-order valence-corrected chi connectivity index (χ3v) is 3.13. The van der Waals surface area contributed by atoms with Gasteiger partial charge in [-0.2, -0.15) is 0 Å². The smallest absolute Gasteiger partial charge is 0.254 e. The van der Waals surface area contributed by atoms with Crippen LogP contribution >= 0.6 is 0 Å². The van der Waals surface area contributed by atoms with E-state index in [2.05, 4.69) is 5.32 Å².